The molecule has 2 aliphatic heterocycles. The molecule has 1 N–H and O–H groups in total. The first-order valence-corrected chi connectivity index (χ1v) is 13.7. The highest BCUT2D eigenvalue weighted by Gasteiger charge is 2.51. The molecule has 222 valence electrons. The monoisotopic (exact) mass is 590 g/mol. The maximum Gasteiger partial charge on any atom is 0.416 e. The second-order valence-electron chi connectivity index (χ2n) is 10.4. The summed E-state index contributed by atoms with van der Waals surface area (Å²) >= 11 is 0. The Morgan fingerprint density at radius 3 is 2.23 bits per heavy atom. The van der Waals surface area contributed by atoms with E-state index in [1.54, 1.807) is 12.1 Å². The van der Waals surface area contributed by atoms with E-state index in [-0.39, 0.29) is 44.7 Å². The molecule has 2 saturated heterocycles. The molecule has 2 fully saturated rings. The van der Waals surface area contributed by atoms with Crippen LogP contribution in [0.3, 0.4) is 0 Å². The lowest BCUT2D eigenvalue weighted by atomic mass is 9.98. The zero-order valence-electron chi connectivity index (χ0n) is 23.1. The van der Waals surface area contributed by atoms with Gasteiger partial charge in [0, 0.05) is 19.5 Å². The molecule has 12 heteroatoms. The van der Waals surface area contributed by atoms with Crippen LogP contribution in [0.15, 0.2) is 84.9 Å². The van der Waals surface area contributed by atoms with Gasteiger partial charge in [0.05, 0.1) is 24.7 Å². The van der Waals surface area contributed by atoms with Crippen LogP contribution in [0.1, 0.15) is 22.3 Å². The van der Waals surface area contributed by atoms with Crippen LogP contribution in [0, 0.1) is 11.3 Å². The molecule has 9 nitrogen and oxygen atoms in total. The van der Waals surface area contributed by atoms with Gasteiger partial charge in [-0.05, 0) is 28.8 Å². The number of nitrogens with one attached hydrogen (secondary N) is 1. The molecule has 0 radical (unpaired) electrons. The van der Waals surface area contributed by atoms with Crippen LogP contribution in [0.2, 0.25) is 0 Å². The Hall–Kier alpha value is -4.89. The standard InChI is InChI=1S/C31H29F3N6O3/c32-31(33,34)25-13-7-12-24(16-25)19-37-20-27-39(26(29(37)42)17-22-8-3-1-4-9-22)28(41)21-38(15-14-35)40(27)30(43)36-18-23-10-5-2-6-11-23/h1-13,16,26-27H,15,17-21H2,(H,36,43)/t26-,27?/m0/s1. The fourth-order valence-electron chi connectivity index (χ4n) is 5.51. The molecular weight excluding hydrogens is 561 g/mol. The van der Waals surface area contributed by atoms with Gasteiger partial charge in [0.1, 0.15) is 18.8 Å². The summed E-state index contributed by atoms with van der Waals surface area (Å²) in [5.41, 5.74) is 1.02. The van der Waals surface area contributed by atoms with E-state index in [2.05, 4.69) is 5.32 Å². The summed E-state index contributed by atoms with van der Waals surface area (Å²) in [6, 6.07) is 23.4. The highest BCUT2D eigenvalue weighted by molar-refractivity contribution is 5.91. The number of amides is 4. The van der Waals surface area contributed by atoms with Crippen molar-refractivity contribution >= 4 is 17.8 Å². The number of nitriles is 1. The van der Waals surface area contributed by atoms with Gasteiger partial charge in [-0.1, -0.05) is 72.8 Å². The van der Waals surface area contributed by atoms with Crippen molar-refractivity contribution in [3.05, 3.63) is 107 Å². The molecule has 5 rings (SSSR count). The summed E-state index contributed by atoms with van der Waals surface area (Å²) in [7, 11) is 0. The zero-order chi connectivity index (χ0) is 30.6. The number of hydrogen-bond donors (Lipinski definition) is 1. The molecule has 43 heavy (non-hydrogen) atoms. The first kappa shape index (κ1) is 29.6. The van der Waals surface area contributed by atoms with Crippen LogP contribution < -0.4 is 5.32 Å². The Labute approximate surface area is 246 Å². The van der Waals surface area contributed by atoms with Crippen LogP contribution in [0.4, 0.5) is 18.0 Å². The minimum atomic E-state index is -4.56. The number of nitrogens with zero attached hydrogens (tertiary/aromatic N) is 5. The summed E-state index contributed by atoms with van der Waals surface area (Å²) in [4.78, 5) is 43.9. The van der Waals surface area contributed by atoms with Gasteiger partial charge < -0.3 is 15.1 Å². The van der Waals surface area contributed by atoms with E-state index < -0.39 is 41.8 Å². The van der Waals surface area contributed by atoms with E-state index in [1.165, 1.54) is 32.0 Å². The normalized spacial score (nSPS) is 19.2. The number of carbonyl (C=O) groups is 3. The van der Waals surface area contributed by atoms with Gasteiger partial charge in [-0.25, -0.2) is 9.80 Å². The Balaban J connectivity index is 1.50. The van der Waals surface area contributed by atoms with Crippen LogP contribution in [-0.2, 0) is 35.3 Å². The van der Waals surface area contributed by atoms with Crippen molar-refractivity contribution in [2.24, 2.45) is 0 Å². The Morgan fingerprint density at radius 1 is 0.930 bits per heavy atom. The third kappa shape index (κ3) is 6.62. The number of urea groups is 1. The highest BCUT2D eigenvalue weighted by Crippen LogP contribution is 2.32. The number of halogens is 3. The summed E-state index contributed by atoms with van der Waals surface area (Å²) in [5.74, 6) is -0.871. The third-order valence-electron chi connectivity index (χ3n) is 7.48. The lowest BCUT2D eigenvalue weighted by Gasteiger charge is -2.54. The van der Waals surface area contributed by atoms with Gasteiger partial charge in [0.2, 0.25) is 11.8 Å². The van der Waals surface area contributed by atoms with Crippen molar-refractivity contribution < 1.29 is 27.6 Å². The van der Waals surface area contributed by atoms with E-state index in [0.29, 0.717) is 0 Å². The lowest BCUT2D eigenvalue weighted by molar-refractivity contribution is -0.189. The van der Waals surface area contributed by atoms with Crippen molar-refractivity contribution in [3.8, 4) is 6.07 Å². The minimum Gasteiger partial charge on any atom is -0.333 e. The van der Waals surface area contributed by atoms with E-state index in [4.69, 9.17) is 0 Å². The highest BCUT2D eigenvalue weighted by atomic mass is 19.4. The average molecular weight is 591 g/mol. The molecule has 3 aromatic rings. The quantitative estimate of drug-likeness (QED) is 0.423. The zero-order valence-corrected chi connectivity index (χ0v) is 23.1. The van der Waals surface area contributed by atoms with Gasteiger partial charge >= 0.3 is 12.2 Å². The van der Waals surface area contributed by atoms with Crippen molar-refractivity contribution in [2.75, 3.05) is 19.6 Å². The van der Waals surface area contributed by atoms with Crippen LogP contribution in [0.5, 0.6) is 0 Å². The van der Waals surface area contributed by atoms with Gasteiger partial charge in [0.25, 0.3) is 0 Å². The fourth-order valence-corrected chi connectivity index (χ4v) is 5.51. The van der Waals surface area contributed by atoms with Gasteiger partial charge in [-0.3, -0.25) is 9.59 Å². The second kappa shape index (κ2) is 12.5. The van der Waals surface area contributed by atoms with Crippen LogP contribution in [0.25, 0.3) is 0 Å². The molecule has 3 aromatic carbocycles. The first-order valence-electron chi connectivity index (χ1n) is 13.7. The number of piperazine rings is 1. The number of hydrogen-bond acceptors (Lipinski definition) is 5. The number of benzene rings is 3. The van der Waals surface area contributed by atoms with E-state index >= 15 is 0 Å². The van der Waals surface area contributed by atoms with Crippen LogP contribution in [-0.4, -0.2) is 69.5 Å². The molecule has 4 amide bonds. The largest absolute Gasteiger partial charge is 0.416 e. The average Bonchev–Trinajstić information content (AvgIpc) is 2.99. The molecule has 2 heterocycles. The first-order chi connectivity index (χ1) is 20.7. The lowest BCUT2D eigenvalue weighted by Crippen LogP contribution is -2.76. The predicted molar refractivity (Wildman–Crippen MR) is 149 cm³/mol. The van der Waals surface area contributed by atoms with E-state index in [9.17, 15) is 32.8 Å². The number of fused-ring (bicyclic) bond motifs is 1. The van der Waals surface area contributed by atoms with E-state index in [0.717, 1.165) is 23.3 Å². The van der Waals surface area contributed by atoms with E-state index in [1.807, 2.05) is 54.6 Å². The maximum absolute atomic E-state index is 13.9. The summed E-state index contributed by atoms with van der Waals surface area (Å²) in [5, 5.41) is 15.0. The number of alkyl halides is 3. The maximum atomic E-state index is 13.9. The smallest absolute Gasteiger partial charge is 0.333 e. The molecule has 1 unspecified atom stereocenters. The van der Waals surface area contributed by atoms with Gasteiger partial charge in [-0.2, -0.15) is 23.4 Å². The van der Waals surface area contributed by atoms with Crippen LogP contribution >= 0.6 is 0 Å². The minimum absolute atomic E-state index is 0.138. The van der Waals surface area contributed by atoms with Crippen molar-refractivity contribution in [1.82, 2.24) is 25.1 Å². The topological polar surface area (TPSA) is 100.0 Å². The molecule has 2 aliphatic rings. The SMILES string of the molecule is N#CCN1CC(=O)N2C(CN(Cc3cccc(C(F)(F)F)c3)C(=O)[C@@H]2Cc2ccccc2)N1C(=O)NCc1ccccc1. The molecular formula is C31H29F3N6O3. The third-order valence-corrected chi connectivity index (χ3v) is 7.48. The number of hydrazine groups is 1. The molecule has 2 atom stereocenters. The molecule has 0 aliphatic carbocycles. The number of carbonyl (C=O) groups excluding carboxylic acids is 3. The van der Waals surface area contributed by atoms with Crippen molar-refractivity contribution in [2.45, 2.75) is 37.9 Å². The molecule has 0 spiro atoms. The summed E-state index contributed by atoms with van der Waals surface area (Å²) in [6.07, 6.45) is -5.42. The van der Waals surface area contributed by atoms with Gasteiger partial charge in [0.15, 0.2) is 0 Å². The summed E-state index contributed by atoms with van der Waals surface area (Å²) in [6.45, 7) is -0.705. The van der Waals surface area contributed by atoms with Crippen molar-refractivity contribution in [1.29, 1.82) is 5.26 Å². The molecule has 0 bridgehead atoms. The van der Waals surface area contributed by atoms with Crippen molar-refractivity contribution in [3.63, 3.8) is 0 Å². The number of rotatable bonds is 7. The molecule has 0 saturated carbocycles. The van der Waals surface area contributed by atoms with Gasteiger partial charge in [-0.15, -0.1) is 0 Å². The second-order valence-corrected chi connectivity index (χ2v) is 10.4. The Kier molecular flexibility index (Phi) is 8.63. The Bertz CT molecular complexity index is 1510. The predicted octanol–water partition coefficient (Wildman–Crippen LogP) is 3.78. The Morgan fingerprint density at radius 2 is 1.58 bits per heavy atom. The molecule has 0 aromatic heterocycles. The summed E-state index contributed by atoms with van der Waals surface area (Å²) < 4.78 is 40.3. The fraction of sp³-hybridized carbons (Fsp3) is 0.290.